The standard InChI is InChI=1S/C15H19Cl3N4O3S/c1-24-11-4-2-10(3-5-11)19-13(26)20-12(15(16,17)18)21-14(23)22-6-8-25-9-7-22/h2-5,12H,6-9H2,1H3,(H,21,23)(H2,19,20,26). The second-order valence-electron chi connectivity index (χ2n) is 5.35. The predicted molar refractivity (Wildman–Crippen MR) is 107 cm³/mol. The van der Waals surface area contributed by atoms with E-state index in [0.29, 0.717) is 37.7 Å². The van der Waals surface area contributed by atoms with Crippen molar-refractivity contribution in [3.05, 3.63) is 24.3 Å². The molecule has 0 aromatic heterocycles. The molecule has 1 atom stereocenters. The summed E-state index contributed by atoms with van der Waals surface area (Å²) in [6.07, 6.45) is -1.03. The Kier molecular flexibility index (Phi) is 7.85. The number of benzene rings is 1. The van der Waals surface area contributed by atoms with Crippen molar-refractivity contribution < 1.29 is 14.3 Å². The third kappa shape index (κ3) is 6.51. The molecule has 0 radical (unpaired) electrons. The number of urea groups is 1. The van der Waals surface area contributed by atoms with E-state index in [1.165, 1.54) is 0 Å². The number of nitrogens with zero attached hydrogens (tertiary/aromatic N) is 1. The Balaban J connectivity index is 1.95. The Bertz CT molecular complexity index is 622. The zero-order valence-electron chi connectivity index (χ0n) is 13.9. The summed E-state index contributed by atoms with van der Waals surface area (Å²) in [5.74, 6) is 0.714. The summed E-state index contributed by atoms with van der Waals surface area (Å²) in [7, 11) is 1.58. The second-order valence-corrected chi connectivity index (χ2v) is 8.13. The number of halogens is 3. The van der Waals surface area contributed by atoms with E-state index in [-0.39, 0.29) is 11.1 Å². The minimum atomic E-state index is -1.81. The van der Waals surface area contributed by atoms with Gasteiger partial charge in [0.05, 0.1) is 20.3 Å². The number of thiocarbonyl (C=S) groups is 1. The average molecular weight is 442 g/mol. The smallest absolute Gasteiger partial charge is 0.319 e. The molecule has 11 heteroatoms. The van der Waals surface area contributed by atoms with Gasteiger partial charge in [-0.1, -0.05) is 34.8 Å². The molecule has 2 rings (SSSR count). The first-order valence-corrected chi connectivity index (χ1v) is 9.25. The molecule has 0 aliphatic carbocycles. The molecule has 1 heterocycles. The lowest BCUT2D eigenvalue weighted by Crippen LogP contribution is -2.59. The van der Waals surface area contributed by atoms with Gasteiger partial charge in [-0.15, -0.1) is 0 Å². The number of morpholine rings is 1. The number of anilines is 1. The number of carbonyl (C=O) groups excluding carboxylic acids is 1. The molecule has 3 N–H and O–H groups in total. The van der Waals surface area contributed by atoms with Crippen molar-refractivity contribution >= 4 is 63.9 Å². The van der Waals surface area contributed by atoms with E-state index in [1.54, 1.807) is 36.3 Å². The van der Waals surface area contributed by atoms with Crippen molar-refractivity contribution in [3.63, 3.8) is 0 Å². The number of hydrogen-bond donors (Lipinski definition) is 3. The molecule has 1 aromatic carbocycles. The Morgan fingerprint density at radius 3 is 2.38 bits per heavy atom. The number of alkyl halides is 3. The molecule has 0 saturated carbocycles. The number of rotatable bonds is 4. The van der Waals surface area contributed by atoms with Crippen LogP contribution >= 0.6 is 47.0 Å². The minimum absolute atomic E-state index is 0.189. The van der Waals surface area contributed by atoms with Gasteiger partial charge in [-0.05, 0) is 36.5 Å². The van der Waals surface area contributed by atoms with Gasteiger partial charge < -0.3 is 30.3 Å². The fourth-order valence-corrected chi connectivity index (χ4v) is 2.72. The monoisotopic (exact) mass is 440 g/mol. The highest BCUT2D eigenvalue weighted by molar-refractivity contribution is 7.80. The molecule has 1 aliphatic heterocycles. The van der Waals surface area contributed by atoms with Crippen LogP contribution in [0, 0.1) is 0 Å². The summed E-state index contributed by atoms with van der Waals surface area (Å²) in [6, 6.07) is 6.74. The Morgan fingerprint density at radius 1 is 1.23 bits per heavy atom. The van der Waals surface area contributed by atoms with Gasteiger partial charge in [-0.3, -0.25) is 0 Å². The zero-order valence-corrected chi connectivity index (χ0v) is 17.0. The van der Waals surface area contributed by atoms with Crippen LogP contribution in [0.5, 0.6) is 5.75 Å². The SMILES string of the molecule is COc1ccc(NC(=S)NC(NC(=O)N2CCOCC2)C(Cl)(Cl)Cl)cc1. The molecule has 0 spiro atoms. The normalized spacial score (nSPS) is 15.8. The van der Waals surface area contributed by atoms with Gasteiger partial charge in [-0.25, -0.2) is 4.79 Å². The van der Waals surface area contributed by atoms with E-state index in [9.17, 15) is 4.79 Å². The molecule has 1 fully saturated rings. The van der Waals surface area contributed by atoms with E-state index >= 15 is 0 Å². The first kappa shape index (κ1) is 21.1. The van der Waals surface area contributed by atoms with Gasteiger partial charge in [0, 0.05) is 18.8 Å². The Labute approximate surface area is 172 Å². The quantitative estimate of drug-likeness (QED) is 0.379. The highest BCUT2D eigenvalue weighted by Crippen LogP contribution is 2.29. The van der Waals surface area contributed by atoms with Crippen LogP contribution in [0.1, 0.15) is 0 Å². The van der Waals surface area contributed by atoms with Crippen molar-refractivity contribution in [1.82, 2.24) is 15.5 Å². The van der Waals surface area contributed by atoms with Crippen molar-refractivity contribution in [2.75, 3.05) is 38.7 Å². The summed E-state index contributed by atoms with van der Waals surface area (Å²) in [5.41, 5.74) is 0.714. The van der Waals surface area contributed by atoms with Gasteiger partial charge in [0.2, 0.25) is 3.79 Å². The topological polar surface area (TPSA) is 74.9 Å². The van der Waals surface area contributed by atoms with Gasteiger partial charge in [0.1, 0.15) is 5.75 Å². The van der Waals surface area contributed by atoms with Crippen LogP contribution in [0.2, 0.25) is 0 Å². The van der Waals surface area contributed by atoms with Crippen LogP contribution in [-0.2, 0) is 4.74 Å². The predicted octanol–water partition coefficient (Wildman–Crippen LogP) is 2.72. The fourth-order valence-electron chi connectivity index (χ4n) is 2.15. The largest absolute Gasteiger partial charge is 0.497 e. The Hall–Kier alpha value is -1.19. The van der Waals surface area contributed by atoms with Crippen LogP contribution in [-0.4, -0.2) is 59.4 Å². The summed E-state index contributed by atoms with van der Waals surface area (Å²) < 4.78 is 8.50. The van der Waals surface area contributed by atoms with Crippen LogP contribution in [0.3, 0.4) is 0 Å². The van der Waals surface area contributed by atoms with Gasteiger partial charge in [0.25, 0.3) is 0 Å². The molecule has 1 aliphatic rings. The summed E-state index contributed by atoms with van der Waals surface area (Å²) in [5, 5.41) is 8.59. The molecule has 26 heavy (non-hydrogen) atoms. The third-order valence-electron chi connectivity index (χ3n) is 3.52. The highest BCUT2D eigenvalue weighted by Gasteiger charge is 2.35. The van der Waals surface area contributed by atoms with Crippen LogP contribution in [0.15, 0.2) is 24.3 Å². The highest BCUT2D eigenvalue weighted by atomic mass is 35.6. The van der Waals surface area contributed by atoms with E-state index in [4.69, 9.17) is 56.5 Å². The second kappa shape index (κ2) is 9.66. The Morgan fingerprint density at radius 2 is 1.85 bits per heavy atom. The summed E-state index contributed by atoms with van der Waals surface area (Å²) in [4.78, 5) is 13.9. The molecular formula is C15H19Cl3N4O3S. The number of nitrogens with one attached hydrogen (secondary N) is 3. The van der Waals surface area contributed by atoms with Crippen molar-refractivity contribution in [1.29, 1.82) is 0 Å². The van der Waals surface area contributed by atoms with Crippen LogP contribution in [0.4, 0.5) is 10.5 Å². The number of amides is 2. The van der Waals surface area contributed by atoms with Crippen molar-refractivity contribution in [2.24, 2.45) is 0 Å². The molecule has 1 aromatic rings. The number of hydrogen-bond acceptors (Lipinski definition) is 4. The number of methoxy groups -OCH3 is 1. The average Bonchev–Trinajstić information content (AvgIpc) is 2.61. The third-order valence-corrected chi connectivity index (χ3v) is 4.39. The van der Waals surface area contributed by atoms with Gasteiger partial charge >= 0.3 is 6.03 Å². The molecule has 144 valence electrons. The molecule has 7 nitrogen and oxygen atoms in total. The van der Waals surface area contributed by atoms with Crippen molar-refractivity contribution in [2.45, 2.75) is 9.96 Å². The van der Waals surface area contributed by atoms with Gasteiger partial charge in [0.15, 0.2) is 11.3 Å². The molecule has 1 unspecified atom stereocenters. The first-order valence-electron chi connectivity index (χ1n) is 7.71. The van der Waals surface area contributed by atoms with E-state index in [2.05, 4.69) is 16.0 Å². The lowest BCUT2D eigenvalue weighted by Gasteiger charge is -2.32. The lowest BCUT2D eigenvalue weighted by molar-refractivity contribution is 0.0524. The maximum atomic E-state index is 12.3. The van der Waals surface area contributed by atoms with E-state index in [0.717, 1.165) is 0 Å². The molecule has 2 amide bonds. The number of ether oxygens (including phenoxy) is 2. The maximum absolute atomic E-state index is 12.3. The molecule has 1 saturated heterocycles. The maximum Gasteiger partial charge on any atom is 0.319 e. The van der Waals surface area contributed by atoms with E-state index in [1.807, 2.05) is 0 Å². The zero-order chi connectivity index (χ0) is 19.2. The molecule has 0 bridgehead atoms. The first-order chi connectivity index (χ1) is 12.3. The fraction of sp³-hybridized carbons (Fsp3) is 0.467. The van der Waals surface area contributed by atoms with Crippen molar-refractivity contribution in [3.8, 4) is 5.75 Å². The van der Waals surface area contributed by atoms with E-state index < -0.39 is 9.96 Å². The van der Waals surface area contributed by atoms with Crippen LogP contribution < -0.4 is 20.7 Å². The summed E-state index contributed by atoms with van der Waals surface area (Å²) >= 11 is 23.2. The number of carbonyl (C=O) groups is 1. The van der Waals surface area contributed by atoms with Crippen LogP contribution in [0.25, 0.3) is 0 Å². The summed E-state index contributed by atoms with van der Waals surface area (Å²) in [6.45, 7) is 1.87. The molecular weight excluding hydrogens is 423 g/mol. The van der Waals surface area contributed by atoms with Gasteiger partial charge in [-0.2, -0.15) is 0 Å². The minimum Gasteiger partial charge on any atom is -0.497 e. The lowest BCUT2D eigenvalue weighted by atomic mass is 10.3.